The Labute approximate surface area is 168 Å². The van der Waals surface area contributed by atoms with E-state index in [0.29, 0.717) is 6.42 Å². The first-order valence-corrected chi connectivity index (χ1v) is 10.7. The van der Waals surface area contributed by atoms with Crippen molar-refractivity contribution in [2.45, 2.75) is 58.5 Å². The van der Waals surface area contributed by atoms with E-state index in [1.165, 1.54) is 5.56 Å². The van der Waals surface area contributed by atoms with E-state index in [0.717, 1.165) is 76.0 Å². The van der Waals surface area contributed by atoms with Crippen molar-refractivity contribution in [3.63, 3.8) is 0 Å². The molecular weight excluding hydrogens is 352 g/mol. The zero-order valence-electron chi connectivity index (χ0n) is 17.2. The molecule has 1 atom stereocenters. The number of benzene rings is 1. The van der Waals surface area contributed by atoms with Crippen LogP contribution >= 0.6 is 0 Å². The lowest BCUT2D eigenvalue weighted by atomic mass is 9.72. The lowest BCUT2D eigenvalue weighted by Gasteiger charge is -2.47. The third kappa shape index (κ3) is 3.95. The highest BCUT2D eigenvalue weighted by Crippen LogP contribution is 2.40. The van der Waals surface area contributed by atoms with Gasteiger partial charge in [-0.15, -0.1) is 0 Å². The van der Waals surface area contributed by atoms with Crippen LogP contribution in [0.1, 0.15) is 60.0 Å². The van der Waals surface area contributed by atoms with Crippen LogP contribution in [-0.4, -0.2) is 60.5 Å². The molecule has 5 nitrogen and oxygen atoms in total. The van der Waals surface area contributed by atoms with Crippen molar-refractivity contribution >= 4 is 11.8 Å². The van der Waals surface area contributed by atoms with E-state index in [1.807, 2.05) is 28.0 Å². The van der Waals surface area contributed by atoms with Gasteiger partial charge in [0.05, 0.1) is 6.10 Å². The molecule has 3 aliphatic rings. The summed E-state index contributed by atoms with van der Waals surface area (Å²) < 4.78 is 5.75. The molecule has 4 rings (SSSR count). The summed E-state index contributed by atoms with van der Waals surface area (Å²) in [7, 11) is 0. The van der Waals surface area contributed by atoms with E-state index >= 15 is 0 Å². The topological polar surface area (TPSA) is 49.9 Å². The highest BCUT2D eigenvalue weighted by molar-refractivity contribution is 5.94. The molecule has 3 aliphatic heterocycles. The number of piperidine rings is 2. The number of rotatable bonds is 3. The molecule has 1 aromatic carbocycles. The van der Waals surface area contributed by atoms with Crippen molar-refractivity contribution < 1.29 is 14.3 Å². The molecule has 0 N–H and O–H groups in total. The van der Waals surface area contributed by atoms with E-state index < -0.39 is 0 Å². The highest BCUT2D eigenvalue weighted by atomic mass is 16.5. The zero-order chi connectivity index (χ0) is 19.7. The summed E-state index contributed by atoms with van der Waals surface area (Å²) in [5, 5.41) is 0. The fourth-order valence-electron chi connectivity index (χ4n) is 4.95. The zero-order valence-corrected chi connectivity index (χ0v) is 17.2. The summed E-state index contributed by atoms with van der Waals surface area (Å²) in [5.41, 5.74) is 3.34. The van der Waals surface area contributed by atoms with Crippen LogP contribution in [0.4, 0.5) is 0 Å². The summed E-state index contributed by atoms with van der Waals surface area (Å²) in [6, 6.07) is 5.98. The van der Waals surface area contributed by atoms with Gasteiger partial charge in [-0.1, -0.05) is 6.07 Å². The predicted molar refractivity (Wildman–Crippen MR) is 108 cm³/mol. The van der Waals surface area contributed by atoms with E-state index in [-0.39, 0.29) is 23.3 Å². The van der Waals surface area contributed by atoms with Crippen LogP contribution in [0, 0.1) is 19.3 Å². The number of carbonyl (C=O) groups is 2. The van der Waals surface area contributed by atoms with Crippen molar-refractivity contribution in [3.05, 3.63) is 34.9 Å². The fourth-order valence-corrected chi connectivity index (χ4v) is 4.95. The van der Waals surface area contributed by atoms with Crippen molar-refractivity contribution in [2.75, 3.05) is 32.8 Å². The van der Waals surface area contributed by atoms with Gasteiger partial charge >= 0.3 is 0 Å². The lowest BCUT2D eigenvalue weighted by Crippen LogP contribution is -2.53. The van der Waals surface area contributed by atoms with Gasteiger partial charge in [0, 0.05) is 44.8 Å². The Morgan fingerprint density at radius 1 is 1.18 bits per heavy atom. The Morgan fingerprint density at radius 3 is 2.64 bits per heavy atom. The molecule has 3 fully saturated rings. The molecule has 0 unspecified atom stereocenters. The largest absolute Gasteiger partial charge is 0.376 e. The summed E-state index contributed by atoms with van der Waals surface area (Å²) in [4.78, 5) is 29.4. The maximum absolute atomic E-state index is 12.9. The number of nitrogens with zero attached hydrogens (tertiary/aromatic N) is 2. The number of hydrogen-bond acceptors (Lipinski definition) is 3. The molecule has 152 valence electrons. The van der Waals surface area contributed by atoms with Crippen LogP contribution in [0.25, 0.3) is 0 Å². The Morgan fingerprint density at radius 2 is 1.96 bits per heavy atom. The first-order valence-electron chi connectivity index (χ1n) is 10.7. The minimum absolute atomic E-state index is 0.140. The minimum atomic E-state index is 0.140. The second-order valence-electron chi connectivity index (χ2n) is 9.00. The quantitative estimate of drug-likeness (QED) is 0.803. The summed E-state index contributed by atoms with van der Waals surface area (Å²) in [6.45, 7) is 8.10. The van der Waals surface area contributed by atoms with Crippen LogP contribution in [0.3, 0.4) is 0 Å². The SMILES string of the molecule is Cc1ccc(C(=O)N2CCC3(CCC(=O)N(C[C@H]4CCCO4)C3)CC2)cc1C. The molecule has 0 saturated carbocycles. The van der Waals surface area contributed by atoms with Crippen LogP contribution in [0.5, 0.6) is 0 Å². The van der Waals surface area contributed by atoms with Crippen LogP contribution in [0.15, 0.2) is 18.2 Å². The average molecular weight is 385 g/mol. The fraction of sp³-hybridized carbons (Fsp3) is 0.652. The maximum Gasteiger partial charge on any atom is 0.253 e. The Hall–Kier alpha value is -1.88. The molecule has 2 amide bonds. The van der Waals surface area contributed by atoms with Gasteiger partial charge in [0.25, 0.3) is 5.91 Å². The summed E-state index contributed by atoms with van der Waals surface area (Å²) >= 11 is 0. The summed E-state index contributed by atoms with van der Waals surface area (Å²) in [5.74, 6) is 0.413. The van der Waals surface area contributed by atoms with Crippen molar-refractivity contribution in [1.29, 1.82) is 0 Å². The molecule has 0 aromatic heterocycles. The molecule has 5 heteroatoms. The van der Waals surface area contributed by atoms with Crippen molar-refractivity contribution in [2.24, 2.45) is 5.41 Å². The molecule has 3 heterocycles. The summed E-state index contributed by atoms with van der Waals surface area (Å²) in [6.07, 6.45) is 5.95. The monoisotopic (exact) mass is 384 g/mol. The third-order valence-corrected chi connectivity index (χ3v) is 7.06. The molecule has 28 heavy (non-hydrogen) atoms. The number of likely N-dealkylation sites (tertiary alicyclic amines) is 2. The molecule has 1 spiro atoms. The van der Waals surface area contributed by atoms with Crippen LogP contribution < -0.4 is 0 Å². The number of aryl methyl sites for hydroxylation is 2. The number of hydrogen-bond donors (Lipinski definition) is 0. The van der Waals surface area contributed by atoms with E-state index in [4.69, 9.17) is 4.74 Å². The third-order valence-electron chi connectivity index (χ3n) is 7.06. The van der Waals surface area contributed by atoms with E-state index in [9.17, 15) is 9.59 Å². The molecule has 0 aliphatic carbocycles. The Balaban J connectivity index is 1.37. The number of amides is 2. The van der Waals surface area contributed by atoms with Gasteiger partial charge in [-0.25, -0.2) is 0 Å². The minimum Gasteiger partial charge on any atom is -0.376 e. The van der Waals surface area contributed by atoms with Gasteiger partial charge in [-0.05, 0) is 74.6 Å². The number of carbonyl (C=O) groups excluding carboxylic acids is 2. The molecule has 3 saturated heterocycles. The lowest BCUT2D eigenvalue weighted by molar-refractivity contribution is -0.141. The highest BCUT2D eigenvalue weighted by Gasteiger charge is 2.42. The van der Waals surface area contributed by atoms with Gasteiger partial charge in [-0.3, -0.25) is 9.59 Å². The number of ether oxygens (including phenoxy) is 1. The second-order valence-corrected chi connectivity index (χ2v) is 9.00. The smallest absolute Gasteiger partial charge is 0.253 e. The second kappa shape index (κ2) is 7.86. The standard InChI is InChI=1S/C23H32N2O3/c1-17-5-6-19(14-18(17)2)22(27)24-11-9-23(10-12-24)8-7-21(26)25(16-23)15-20-4-3-13-28-20/h5-6,14,20H,3-4,7-13,15-16H2,1-2H3/t20-/m1/s1. The van der Waals surface area contributed by atoms with Gasteiger partial charge < -0.3 is 14.5 Å². The predicted octanol–water partition coefficient (Wildman–Crippen LogP) is 3.33. The van der Waals surface area contributed by atoms with Gasteiger partial charge in [0.15, 0.2) is 0 Å². The first kappa shape index (κ1) is 19.4. The van der Waals surface area contributed by atoms with Crippen LogP contribution in [-0.2, 0) is 9.53 Å². The maximum atomic E-state index is 12.9. The van der Waals surface area contributed by atoms with E-state index in [2.05, 4.69) is 13.8 Å². The van der Waals surface area contributed by atoms with Gasteiger partial charge in [-0.2, -0.15) is 0 Å². The molecule has 1 aromatic rings. The Kier molecular flexibility index (Phi) is 5.46. The molecule has 0 bridgehead atoms. The van der Waals surface area contributed by atoms with Crippen molar-refractivity contribution in [3.8, 4) is 0 Å². The van der Waals surface area contributed by atoms with Gasteiger partial charge in [0.1, 0.15) is 0 Å². The first-order chi connectivity index (χ1) is 13.5. The average Bonchev–Trinajstić information content (AvgIpc) is 3.20. The Bertz CT molecular complexity index is 746. The molecular formula is C23H32N2O3. The van der Waals surface area contributed by atoms with Crippen molar-refractivity contribution in [1.82, 2.24) is 9.80 Å². The normalized spacial score (nSPS) is 24.8. The van der Waals surface area contributed by atoms with Crippen LogP contribution in [0.2, 0.25) is 0 Å². The molecule has 0 radical (unpaired) electrons. The van der Waals surface area contributed by atoms with E-state index in [1.54, 1.807) is 0 Å². The van der Waals surface area contributed by atoms with Gasteiger partial charge in [0.2, 0.25) is 5.91 Å².